The van der Waals surface area contributed by atoms with Gasteiger partial charge in [-0.1, -0.05) is 0 Å². The third-order valence-corrected chi connectivity index (χ3v) is 1.58. The van der Waals surface area contributed by atoms with Gasteiger partial charge in [0, 0.05) is 7.11 Å². The second-order valence-corrected chi connectivity index (χ2v) is 2.44. The summed E-state index contributed by atoms with van der Waals surface area (Å²) in [5.41, 5.74) is 0. The number of urea groups is 1. The van der Waals surface area contributed by atoms with E-state index >= 15 is 0 Å². The first-order valence-electron chi connectivity index (χ1n) is 3.06. The molecule has 0 radical (unpaired) electrons. The monoisotopic (exact) mass is 175 g/mol. The molecule has 0 aliphatic carbocycles. The van der Waals surface area contributed by atoms with Crippen LogP contribution in [-0.2, 0) is 4.74 Å². The summed E-state index contributed by atoms with van der Waals surface area (Å²) in [4.78, 5) is 12.3. The smallest absolute Gasteiger partial charge is 0.322 e. The van der Waals surface area contributed by atoms with Crippen molar-refractivity contribution in [2.45, 2.75) is 0 Å². The standard InChI is InChI=1S/C5H9N3O2S/c1-10-3-8-2-6-4(9)7-5(8)11/h2-3H2,1H3,(H2,6,7,9,11). The first kappa shape index (κ1) is 8.22. The van der Waals surface area contributed by atoms with Crippen molar-refractivity contribution in [3.8, 4) is 0 Å². The highest BCUT2D eigenvalue weighted by Crippen LogP contribution is 1.92. The minimum Gasteiger partial charge on any atom is -0.364 e. The van der Waals surface area contributed by atoms with Crippen LogP contribution in [0.5, 0.6) is 0 Å². The minimum absolute atomic E-state index is 0.262. The van der Waals surface area contributed by atoms with E-state index in [-0.39, 0.29) is 6.03 Å². The second kappa shape index (κ2) is 3.49. The van der Waals surface area contributed by atoms with Crippen molar-refractivity contribution in [3.63, 3.8) is 0 Å². The molecule has 5 nitrogen and oxygen atoms in total. The summed E-state index contributed by atoms with van der Waals surface area (Å²) in [7, 11) is 1.57. The fourth-order valence-corrected chi connectivity index (χ4v) is 0.929. The third-order valence-electron chi connectivity index (χ3n) is 1.22. The molecular formula is C5H9N3O2S. The van der Waals surface area contributed by atoms with Crippen LogP contribution in [0.1, 0.15) is 0 Å². The summed E-state index contributed by atoms with van der Waals surface area (Å²) in [6, 6.07) is -0.262. The van der Waals surface area contributed by atoms with Gasteiger partial charge in [-0.25, -0.2) is 4.79 Å². The molecular weight excluding hydrogens is 166 g/mol. The van der Waals surface area contributed by atoms with Gasteiger partial charge in [-0.15, -0.1) is 0 Å². The SMILES string of the molecule is COCN1CNC(=O)NC1=S. The summed E-state index contributed by atoms with van der Waals surface area (Å²) in [6.45, 7) is 0.782. The Bertz CT molecular complexity index is 185. The molecule has 1 aliphatic rings. The van der Waals surface area contributed by atoms with Crippen LogP contribution in [0.2, 0.25) is 0 Å². The van der Waals surface area contributed by atoms with Crippen LogP contribution in [0.25, 0.3) is 0 Å². The molecule has 1 heterocycles. The number of hydrogen-bond donors (Lipinski definition) is 2. The Labute approximate surface area is 69.7 Å². The molecule has 0 unspecified atom stereocenters. The Morgan fingerprint density at radius 1 is 1.82 bits per heavy atom. The van der Waals surface area contributed by atoms with Crippen molar-refractivity contribution in [3.05, 3.63) is 0 Å². The van der Waals surface area contributed by atoms with Crippen molar-refractivity contribution >= 4 is 23.4 Å². The molecule has 0 aromatic heterocycles. The lowest BCUT2D eigenvalue weighted by Crippen LogP contribution is -2.57. The first-order chi connectivity index (χ1) is 5.24. The van der Waals surface area contributed by atoms with Gasteiger partial charge in [0.25, 0.3) is 0 Å². The number of thiocarbonyl (C=S) groups is 1. The fourth-order valence-electron chi connectivity index (χ4n) is 0.720. The zero-order valence-electron chi connectivity index (χ0n) is 6.09. The molecule has 1 aliphatic heterocycles. The lowest BCUT2D eigenvalue weighted by Gasteiger charge is -2.28. The number of rotatable bonds is 2. The lowest BCUT2D eigenvalue weighted by molar-refractivity contribution is 0.101. The second-order valence-electron chi connectivity index (χ2n) is 2.05. The van der Waals surface area contributed by atoms with E-state index in [0.29, 0.717) is 18.5 Å². The van der Waals surface area contributed by atoms with Gasteiger partial charge in [0.05, 0.1) is 6.67 Å². The van der Waals surface area contributed by atoms with Crippen molar-refractivity contribution in [1.82, 2.24) is 15.5 Å². The maximum atomic E-state index is 10.6. The Hall–Kier alpha value is -0.880. The van der Waals surface area contributed by atoms with Crippen LogP contribution < -0.4 is 10.6 Å². The number of methoxy groups -OCH3 is 1. The Morgan fingerprint density at radius 2 is 2.55 bits per heavy atom. The fraction of sp³-hybridized carbons (Fsp3) is 0.600. The van der Waals surface area contributed by atoms with E-state index in [4.69, 9.17) is 17.0 Å². The van der Waals surface area contributed by atoms with Gasteiger partial charge in [-0.3, -0.25) is 5.32 Å². The number of carbonyl (C=O) groups is 1. The predicted octanol–water partition coefficient (Wildman–Crippen LogP) is -0.552. The molecule has 1 rings (SSSR count). The van der Waals surface area contributed by atoms with Gasteiger partial charge in [-0.05, 0) is 12.2 Å². The molecule has 2 amide bonds. The normalized spacial score (nSPS) is 17.7. The van der Waals surface area contributed by atoms with Gasteiger partial charge in [0.1, 0.15) is 6.73 Å². The summed E-state index contributed by atoms with van der Waals surface area (Å²) >= 11 is 4.84. The molecule has 0 aromatic rings. The number of amides is 2. The first-order valence-corrected chi connectivity index (χ1v) is 3.47. The summed E-state index contributed by atoms with van der Waals surface area (Å²) < 4.78 is 4.83. The molecule has 6 heteroatoms. The van der Waals surface area contributed by atoms with Crippen LogP contribution in [0.15, 0.2) is 0 Å². The molecule has 62 valence electrons. The molecule has 0 spiro atoms. The molecule has 1 fully saturated rings. The average molecular weight is 175 g/mol. The quantitative estimate of drug-likeness (QED) is 0.553. The highest BCUT2D eigenvalue weighted by molar-refractivity contribution is 7.80. The van der Waals surface area contributed by atoms with Crippen LogP contribution in [-0.4, -0.2) is 36.6 Å². The number of hydrogen-bond acceptors (Lipinski definition) is 3. The number of carbonyl (C=O) groups excluding carboxylic acids is 1. The van der Waals surface area contributed by atoms with Crippen molar-refractivity contribution in [1.29, 1.82) is 0 Å². The molecule has 0 bridgehead atoms. The molecule has 2 N–H and O–H groups in total. The van der Waals surface area contributed by atoms with E-state index in [2.05, 4.69) is 10.6 Å². The van der Waals surface area contributed by atoms with E-state index < -0.39 is 0 Å². The highest BCUT2D eigenvalue weighted by Gasteiger charge is 2.17. The third kappa shape index (κ3) is 2.02. The molecule has 0 aromatic carbocycles. The predicted molar refractivity (Wildman–Crippen MR) is 42.8 cm³/mol. The maximum absolute atomic E-state index is 10.6. The summed E-state index contributed by atoms with van der Waals surface area (Å²) in [5, 5.41) is 5.40. The number of nitrogens with zero attached hydrogens (tertiary/aromatic N) is 1. The van der Waals surface area contributed by atoms with E-state index in [1.807, 2.05) is 0 Å². The largest absolute Gasteiger partial charge is 0.364 e. The molecule has 0 saturated carbocycles. The van der Waals surface area contributed by atoms with Crippen LogP contribution in [0.3, 0.4) is 0 Å². The maximum Gasteiger partial charge on any atom is 0.322 e. The topological polar surface area (TPSA) is 53.6 Å². The Morgan fingerprint density at radius 3 is 3.09 bits per heavy atom. The van der Waals surface area contributed by atoms with E-state index in [1.165, 1.54) is 0 Å². The summed E-state index contributed by atoms with van der Waals surface area (Å²) in [5.74, 6) is 0. The number of ether oxygens (including phenoxy) is 1. The van der Waals surface area contributed by atoms with Crippen LogP contribution in [0.4, 0.5) is 4.79 Å². The van der Waals surface area contributed by atoms with Crippen molar-refractivity contribution in [2.75, 3.05) is 20.5 Å². The Kier molecular flexibility index (Phi) is 2.61. The van der Waals surface area contributed by atoms with Gasteiger partial charge in [0.15, 0.2) is 5.11 Å². The highest BCUT2D eigenvalue weighted by atomic mass is 32.1. The molecule has 11 heavy (non-hydrogen) atoms. The van der Waals surface area contributed by atoms with E-state index in [0.717, 1.165) is 0 Å². The van der Waals surface area contributed by atoms with E-state index in [1.54, 1.807) is 12.0 Å². The van der Waals surface area contributed by atoms with Crippen LogP contribution >= 0.6 is 12.2 Å². The van der Waals surface area contributed by atoms with E-state index in [9.17, 15) is 4.79 Å². The van der Waals surface area contributed by atoms with Crippen molar-refractivity contribution in [2.24, 2.45) is 0 Å². The van der Waals surface area contributed by atoms with Gasteiger partial charge >= 0.3 is 6.03 Å². The lowest BCUT2D eigenvalue weighted by atomic mass is 10.6. The van der Waals surface area contributed by atoms with Gasteiger partial charge in [-0.2, -0.15) is 0 Å². The van der Waals surface area contributed by atoms with Gasteiger partial charge in [0.2, 0.25) is 0 Å². The minimum atomic E-state index is -0.262. The number of nitrogens with one attached hydrogen (secondary N) is 2. The zero-order chi connectivity index (χ0) is 8.27. The van der Waals surface area contributed by atoms with Crippen molar-refractivity contribution < 1.29 is 9.53 Å². The molecule has 1 saturated heterocycles. The van der Waals surface area contributed by atoms with Gasteiger partial charge < -0.3 is 15.0 Å². The van der Waals surface area contributed by atoms with Crippen LogP contribution in [0, 0.1) is 0 Å². The average Bonchev–Trinajstić information content (AvgIpc) is 1.95. The molecule has 0 atom stereocenters. The Balaban J connectivity index is 2.44. The zero-order valence-corrected chi connectivity index (χ0v) is 6.90. The summed E-state index contributed by atoms with van der Waals surface area (Å²) in [6.07, 6.45) is 0.